The number of ether oxygens (including phenoxy) is 1. The third-order valence-electron chi connectivity index (χ3n) is 3.02. The summed E-state index contributed by atoms with van der Waals surface area (Å²) in [6, 6.07) is 5.11. The van der Waals surface area contributed by atoms with Crippen molar-refractivity contribution in [2.45, 2.75) is 13.0 Å². The molecule has 1 aromatic heterocycles. The molecule has 0 aliphatic carbocycles. The van der Waals surface area contributed by atoms with Gasteiger partial charge in [-0.15, -0.1) is 12.4 Å². The molecule has 1 aromatic rings. The van der Waals surface area contributed by atoms with Gasteiger partial charge in [0, 0.05) is 25.7 Å². The molecular formula is C13H21ClN4O2. The van der Waals surface area contributed by atoms with Crippen LogP contribution in [0.5, 0.6) is 0 Å². The van der Waals surface area contributed by atoms with E-state index in [2.05, 4.69) is 15.2 Å². The molecule has 0 spiro atoms. The predicted octanol–water partition coefficient (Wildman–Crippen LogP) is 0.536. The number of rotatable bonds is 4. The number of halogens is 1. The largest absolute Gasteiger partial charge is 0.384 e. The van der Waals surface area contributed by atoms with Crippen LogP contribution in [0.1, 0.15) is 17.4 Å². The van der Waals surface area contributed by atoms with E-state index in [4.69, 9.17) is 10.5 Å². The van der Waals surface area contributed by atoms with Crippen LogP contribution in [0.2, 0.25) is 0 Å². The molecule has 2 rings (SSSR count). The summed E-state index contributed by atoms with van der Waals surface area (Å²) in [5.41, 5.74) is 5.92. The molecule has 0 saturated carbocycles. The molecule has 1 fully saturated rings. The van der Waals surface area contributed by atoms with Crippen molar-refractivity contribution in [2.75, 3.05) is 38.6 Å². The first-order chi connectivity index (χ1) is 9.15. The van der Waals surface area contributed by atoms with Crippen LogP contribution in [0.25, 0.3) is 0 Å². The predicted molar refractivity (Wildman–Crippen MR) is 80.1 cm³/mol. The van der Waals surface area contributed by atoms with Gasteiger partial charge in [-0.05, 0) is 19.1 Å². The first kappa shape index (κ1) is 16.7. The number of amides is 1. The maximum absolute atomic E-state index is 12.0. The van der Waals surface area contributed by atoms with Gasteiger partial charge in [0.2, 0.25) is 0 Å². The minimum Gasteiger partial charge on any atom is -0.384 e. The van der Waals surface area contributed by atoms with E-state index in [1.54, 1.807) is 18.2 Å². The molecule has 1 atom stereocenters. The lowest BCUT2D eigenvalue weighted by molar-refractivity contribution is 0.0342. The molecule has 1 aliphatic heterocycles. The molecule has 0 bridgehead atoms. The maximum atomic E-state index is 12.0. The Balaban J connectivity index is 0.00000200. The van der Waals surface area contributed by atoms with Crippen LogP contribution < -0.4 is 11.1 Å². The molecule has 1 amide bonds. The van der Waals surface area contributed by atoms with E-state index < -0.39 is 0 Å². The molecule has 112 valence electrons. The van der Waals surface area contributed by atoms with E-state index in [0.29, 0.717) is 11.5 Å². The number of pyridine rings is 1. The van der Waals surface area contributed by atoms with Gasteiger partial charge in [0.25, 0.3) is 5.91 Å². The summed E-state index contributed by atoms with van der Waals surface area (Å²) < 4.78 is 5.29. The van der Waals surface area contributed by atoms with Gasteiger partial charge in [0.05, 0.1) is 13.2 Å². The van der Waals surface area contributed by atoms with Crippen LogP contribution in [-0.4, -0.2) is 54.7 Å². The average molecular weight is 301 g/mol. The van der Waals surface area contributed by atoms with E-state index in [-0.39, 0.29) is 24.4 Å². The van der Waals surface area contributed by atoms with Gasteiger partial charge in [-0.1, -0.05) is 6.07 Å². The number of aromatic nitrogens is 1. The Hall–Kier alpha value is -1.37. The van der Waals surface area contributed by atoms with Gasteiger partial charge >= 0.3 is 0 Å². The number of carbonyl (C=O) groups excluding carboxylic acids is 1. The lowest BCUT2D eigenvalue weighted by Gasteiger charge is -2.29. The standard InChI is InChI=1S/C13H20N4O2.ClH/c1-10(9-17-5-7-19-8-6-17)15-13(18)11-3-2-4-12(14)16-11;/h2-4,10H,5-9H2,1H3,(H2,14,16)(H,15,18);1H. The van der Waals surface area contributed by atoms with Crippen molar-refractivity contribution in [2.24, 2.45) is 0 Å². The summed E-state index contributed by atoms with van der Waals surface area (Å²) >= 11 is 0. The number of carbonyl (C=O) groups is 1. The van der Waals surface area contributed by atoms with Gasteiger partial charge in [-0.2, -0.15) is 0 Å². The summed E-state index contributed by atoms with van der Waals surface area (Å²) in [5.74, 6) is 0.168. The Labute approximate surface area is 125 Å². The minimum absolute atomic E-state index is 0. The monoisotopic (exact) mass is 300 g/mol. The van der Waals surface area contributed by atoms with Crippen LogP contribution >= 0.6 is 12.4 Å². The van der Waals surface area contributed by atoms with Crippen molar-refractivity contribution in [3.8, 4) is 0 Å². The Bertz CT molecular complexity index is 438. The zero-order valence-electron chi connectivity index (χ0n) is 11.5. The first-order valence-electron chi connectivity index (χ1n) is 6.48. The van der Waals surface area contributed by atoms with Crippen LogP contribution in [0, 0.1) is 0 Å². The quantitative estimate of drug-likeness (QED) is 0.848. The van der Waals surface area contributed by atoms with E-state index >= 15 is 0 Å². The molecule has 1 saturated heterocycles. The summed E-state index contributed by atoms with van der Waals surface area (Å²) in [6.45, 7) is 6.15. The Kier molecular flexibility index (Phi) is 6.70. The summed E-state index contributed by atoms with van der Waals surface area (Å²) in [7, 11) is 0. The van der Waals surface area contributed by atoms with E-state index in [1.165, 1.54) is 0 Å². The van der Waals surface area contributed by atoms with Gasteiger partial charge in [0.1, 0.15) is 11.5 Å². The summed E-state index contributed by atoms with van der Waals surface area (Å²) in [4.78, 5) is 18.3. The second-order valence-electron chi connectivity index (χ2n) is 4.74. The number of nitrogens with two attached hydrogens (primary N) is 1. The molecule has 6 nitrogen and oxygen atoms in total. The molecule has 1 unspecified atom stereocenters. The second-order valence-corrected chi connectivity index (χ2v) is 4.74. The molecule has 0 aromatic carbocycles. The van der Waals surface area contributed by atoms with Crippen molar-refractivity contribution >= 4 is 24.1 Å². The van der Waals surface area contributed by atoms with Crippen LogP contribution in [0.4, 0.5) is 5.82 Å². The first-order valence-corrected chi connectivity index (χ1v) is 6.48. The van der Waals surface area contributed by atoms with Crippen molar-refractivity contribution in [1.82, 2.24) is 15.2 Å². The third-order valence-corrected chi connectivity index (χ3v) is 3.02. The second kappa shape index (κ2) is 8.04. The lowest BCUT2D eigenvalue weighted by atomic mass is 10.2. The number of morpholine rings is 1. The van der Waals surface area contributed by atoms with Crippen LogP contribution in [0.3, 0.4) is 0 Å². The highest BCUT2D eigenvalue weighted by molar-refractivity contribution is 5.92. The fourth-order valence-corrected chi connectivity index (χ4v) is 2.09. The van der Waals surface area contributed by atoms with Crippen molar-refractivity contribution in [3.63, 3.8) is 0 Å². The lowest BCUT2D eigenvalue weighted by Crippen LogP contribution is -2.46. The number of nitrogens with one attached hydrogen (secondary N) is 1. The smallest absolute Gasteiger partial charge is 0.270 e. The SMILES string of the molecule is CC(CN1CCOCC1)NC(=O)c1cccc(N)n1.Cl. The number of nitrogen functional groups attached to an aromatic ring is 1. The molecule has 0 radical (unpaired) electrons. The van der Waals surface area contributed by atoms with E-state index in [1.807, 2.05) is 6.92 Å². The fourth-order valence-electron chi connectivity index (χ4n) is 2.09. The number of hydrogen-bond donors (Lipinski definition) is 2. The minimum atomic E-state index is -0.187. The summed E-state index contributed by atoms with van der Waals surface area (Å²) in [6.07, 6.45) is 0. The molecule has 20 heavy (non-hydrogen) atoms. The number of nitrogens with zero attached hydrogens (tertiary/aromatic N) is 2. The molecule has 2 heterocycles. The van der Waals surface area contributed by atoms with Gasteiger partial charge in [-0.25, -0.2) is 4.98 Å². The van der Waals surface area contributed by atoms with Gasteiger partial charge in [-0.3, -0.25) is 9.69 Å². The Morgan fingerprint density at radius 1 is 1.50 bits per heavy atom. The molecule has 7 heteroatoms. The number of hydrogen-bond acceptors (Lipinski definition) is 5. The highest BCUT2D eigenvalue weighted by Crippen LogP contribution is 2.02. The van der Waals surface area contributed by atoms with Gasteiger partial charge < -0.3 is 15.8 Å². The normalized spacial score (nSPS) is 17.1. The summed E-state index contributed by atoms with van der Waals surface area (Å²) in [5, 5.41) is 2.93. The zero-order valence-corrected chi connectivity index (χ0v) is 12.4. The highest BCUT2D eigenvalue weighted by atomic mass is 35.5. The molecule has 3 N–H and O–H groups in total. The van der Waals surface area contributed by atoms with Crippen molar-refractivity contribution < 1.29 is 9.53 Å². The van der Waals surface area contributed by atoms with Crippen LogP contribution in [0.15, 0.2) is 18.2 Å². The van der Waals surface area contributed by atoms with Crippen molar-refractivity contribution in [1.29, 1.82) is 0 Å². The van der Waals surface area contributed by atoms with E-state index in [0.717, 1.165) is 32.8 Å². The van der Waals surface area contributed by atoms with Gasteiger partial charge in [0.15, 0.2) is 0 Å². The Morgan fingerprint density at radius 2 is 2.20 bits per heavy atom. The molecular weight excluding hydrogens is 280 g/mol. The van der Waals surface area contributed by atoms with Crippen molar-refractivity contribution in [3.05, 3.63) is 23.9 Å². The molecule has 1 aliphatic rings. The van der Waals surface area contributed by atoms with Crippen LogP contribution in [-0.2, 0) is 4.74 Å². The number of anilines is 1. The topological polar surface area (TPSA) is 80.5 Å². The maximum Gasteiger partial charge on any atom is 0.270 e. The zero-order chi connectivity index (χ0) is 13.7. The van der Waals surface area contributed by atoms with E-state index in [9.17, 15) is 4.79 Å². The third kappa shape index (κ3) is 4.96. The highest BCUT2D eigenvalue weighted by Gasteiger charge is 2.16. The average Bonchev–Trinajstić information content (AvgIpc) is 2.39. The Morgan fingerprint density at radius 3 is 2.85 bits per heavy atom. The fraction of sp³-hybridized carbons (Fsp3) is 0.538.